The number of imidazole rings is 1. The standard InChI is InChI=1S/C24H22N6O3/c25-17-5-1-2-6-18(17)28-21(32)13-12-20(31)27-15-10-8-14(9-11-15)24-29-19-7-3-4-16(23(26)33)22(19)30-24/h1-11H,12-13,25H2,(H2,26,33)(H,27,31)(H,28,32)(H,29,30). The zero-order valence-corrected chi connectivity index (χ0v) is 17.6. The van der Waals surface area contributed by atoms with Crippen LogP contribution < -0.4 is 22.1 Å². The lowest BCUT2D eigenvalue weighted by molar-refractivity contribution is -0.121. The number of H-pyrrole nitrogens is 1. The molecule has 3 aromatic carbocycles. The Labute approximate surface area is 189 Å². The number of para-hydroxylation sites is 3. The second-order valence-corrected chi connectivity index (χ2v) is 7.41. The highest BCUT2D eigenvalue weighted by Crippen LogP contribution is 2.24. The van der Waals surface area contributed by atoms with Crippen LogP contribution in [0.3, 0.4) is 0 Å². The first kappa shape index (κ1) is 21.6. The number of fused-ring (bicyclic) bond motifs is 1. The van der Waals surface area contributed by atoms with Crippen LogP contribution in [0.25, 0.3) is 22.4 Å². The van der Waals surface area contributed by atoms with Gasteiger partial charge in [0.15, 0.2) is 0 Å². The van der Waals surface area contributed by atoms with Crippen molar-refractivity contribution in [3.05, 3.63) is 72.3 Å². The zero-order chi connectivity index (χ0) is 23.4. The van der Waals surface area contributed by atoms with Crippen molar-refractivity contribution < 1.29 is 14.4 Å². The number of nitrogens with two attached hydrogens (primary N) is 2. The number of amides is 3. The molecule has 0 aliphatic heterocycles. The summed E-state index contributed by atoms with van der Waals surface area (Å²) in [7, 11) is 0. The third-order valence-electron chi connectivity index (χ3n) is 5.03. The number of aromatic nitrogens is 2. The summed E-state index contributed by atoms with van der Waals surface area (Å²) in [4.78, 5) is 43.6. The van der Waals surface area contributed by atoms with E-state index in [1.165, 1.54) is 0 Å². The maximum absolute atomic E-state index is 12.2. The van der Waals surface area contributed by atoms with Gasteiger partial charge in [-0.3, -0.25) is 14.4 Å². The third-order valence-corrected chi connectivity index (χ3v) is 5.03. The topological polar surface area (TPSA) is 156 Å². The van der Waals surface area contributed by atoms with Crippen LogP contribution in [-0.4, -0.2) is 27.7 Å². The number of benzene rings is 3. The number of nitrogens with zero attached hydrogens (tertiary/aromatic N) is 1. The van der Waals surface area contributed by atoms with E-state index in [1.54, 1.807) is 60.7 Å². The largest absolute Gasteiger partial charge is 0.397 e. The van der Waals surface area contributed by atoms with Crippen molar-refractivity contribution >= 4 is 45.8 Å². The van der Waals surface area contributed by atoms with Crippen LogP contribution in [0.15, 0.2) is 66.7 Å². The fourth-order valence-electron chi connectivity index (χ4n) is 3.35. The number of carbonyl (C=O) groups is 3. The smallest absolute Gasteiger partial charge is 0.250 e. The van der Waals surface area contributed by atoms with Gasteiger partial charge in [0.25, 0.3) is 5.91 Å². The van der Waals surface area contributed by atoms with Gasteiger partial charge in [0.05, 0.1) is 22.5 Å². The molecule has 166 valence electrons. The van der Waals surface area contributed by atoms with Gasteiger partial charge in [0.2, 0.25) is 11.8 Å². The minimum absolute atomic E-state index is 0.0272. The molecule has 0 unspecified atom stereocenters. The van der Waals surface area contributed by atoms with Crippen LogP contribution in [0.5, 0.6) is 0 Å². The average molecular weight is 442 g/mol. The number of primary amides is 1. The first-order valence-electron chi connectivity index (χ1n) is 10.2. The lowest BCUT2D eigenvalue weighted by Gasteiger charge is -2.08. The Bertz CT molecular complexity index is 1340. The summed E-state index contributed by atoms with van der Waals surface area (Å²) in [5.74, 6) is -0.543. The quantitative estimate of drug-likeness (QED) is 0.278. The van der Waals surface area contributed by atoms with E-state index < -0.39 is 5.91 Å². The number of rotatable bonds is 7. The maximum atomic E-state index is 12.2. The summed E-state index contributed by atoms with van der Waals surface area (Å²) in [5.41, 5.74) is 15.1. The molecule has 0 saturated carbocycles. The first-order chi connectivity index (χ1) is 15.9. The Morgan fingerprint density at radius 2 is 1.55 bits per heavy atom. The normalized spacial score (nSPS) is 10.7. The van der Waals surface area contributed by atoms with Gasteiger partial charge in [-0.1, -0.05) is 18.2 Å². The number of nitrogens with one attached hydrogen (secondary N) is 3. The number of aromatic amines is 1. The van der Waals surface area contributed by atoms with Crippen molar-refractivity contribution in [1.29, 1.82) is 0 Å². The molecule has 33 heavy (non-hydrogen) atoms. The van der Waals surface area contributed by atoms with Crippen LogP contribution in [0.1, 0.15) is 23.2 Å². The Kier molecular flexibility index (Phi) is 6.03. The number of hydrogen-bond acceptors (Lipinski definition) is 5. The summed E-state index contributed by atoms with van der Waals surface area (Å²) in [6.07, 6.45) is 0.0548. The predicted molar refractivity (Wildman–Crippen MR) is 127 cm³/mol. The van der Waals surface area contributed by atoms with Crippen molar-refractivity contribution in [2.75, 3.05) is 16.4 Å². The SMILES string of the molecule is NC(=O)c1cccc2[nH]c(-c3ccc(NC(=O)CCC(=O)Nc4ccccc4N)cc3)nc12. The predicted octanol–water partition coefficient (Wildman–Crippen LogP) is 3.27. The van der Waals surface area contributed by atoms with Crippen molar-refractivity contribution in [3.63, 3.8) is 0 Å². The summed E-state index contributed by atoms with van der Waals surface area (Å²) in [5, 5.41) is 5.46. The fraction of sp³-hybridized carbons (Fsp3) is 0.0833. The van der Waals surface area contributed by atoms with Crippen molar-refractivity contribution in [2.45, 2.75) is 12.8 Å². The minimum atomic E-state index is -0.544. The van der Waals surface area contributed by atoms with Gasteiger partial charge in [-0.15, -0.1) is 0 Å². The molecular weight excluding hydrogens is 420 g/mol. The molecule has 0 aliphatic carbocycles. The van der Waals surface area contributed by atoms with Gasteiger partial charge in [-0.25, -0.2) is 4.98 Å². The summed E-state index contributed by atoms with van der Waals surface area (Å²) in [6, 6.07) is 19.2. The van der Waals surface area contributed by atoms with Gasteiger partial charge in [-0.05, 0) is 48.5 Å². The van der Waals surface area contributed by atoms with Gasteiger partial charge >= 0.3 is 0 Å². The van der Waals surface area contributed by atoms with E-state index in [1.807, 2.05) is 6.07 Å². The molecule has 1 heterocycles. The fourth-order valence-corrected chi connectivity index (χ4v) is 3.35. The van der Waals surface area contributed by atoms with E-state index in [0.717, 1.165) is 5.56 Å². The van der Waals surface area contributed by atoms with Gasteiger partial charge < -0.3 is 27.1 Å². The van der Waals surface area contributed by atoms with Gasteiger partial charge in [0.1, 0.15) is 11.3 Å². The van der Waals surface area contributed by atoms with E-state index in [2.05, 4.69) is 20.6 Å². The molecule has 0 fully saturated rings. The molecule has 0 aliphatic rings. The van der Waals surface area contributed by atoms with Gasteiger partial charge in [0, 0.05) is 24.1 Å². The second-order valence-electron chi connectivity index (χ2n) is 7.41. The molecule has 4 rings (SSSR count). The molecule has 3 amide bonds. The molecular formula is C24H22N6O3. The Morgan fingerprint density at radius 3 is 2.24 bits per heavy atom. The third kappa shape index (κ3) is 4.99. The summed E-state index contributed by atoms with van der Waals surface area (Å²) < 4.78 is 0. The molecule has 9 nitrogen and oxygen atoms in total. The van der Waals surface area contributed by atoms with Crippen LogP contribution in [0, 0.1) is 0 Å². The molecule has 4 aromatic rings. The maximum Gasteiger partial charge on any atom is 0.250 e. The lowest BCUT2D eigenvalue weighted by atomic mass is 10.2. The van der Waals surface area contributed by atoms with Crippen molar-refractivity contribution in [3.8, 4) is 11.4 Å². The number of nitrogen functional groups attached to an aromatic ring is 1. The van der Waals surface area contributed by atoms with Crippen LogP contribution in [-0.2, 0) is 9.59 Å². The van der Waals surface area contributed by atoms with Crippen molar-refractivity contribution in [1.82, 2.24) is 9.97 Å². The zero-order valence-electron chi connectivity index (χ0n) is 17.6. The van der Waals surface area contributed by atoms with E-state index in [0.29, 0.717) is 39.5 Å². The Morgan fingerprint density at radius 1 is 0.848 bits per heavy atom. The summed E-state index contributed by atoms with van der Waals surface area (Å²) >= 11 is 0. The first-order valence-corrected chi connectivity index (χ1v) is 10.2. The second kappa shape index (κ2) is 9.23. The van der Waals surface area contributed by atoms with E-state index in [4.69, 9.17) is 11.5 Å². The molecule has 0 radical (unpaired) electrons. The van der Waals surface area contributed by atoms with E-state index >= 15 is 0 Å². The molecule has 9 heteroatoms. The molecule has 0 atom stereocenters. The Hall–Kier alpha value is -4.66. The molecule has 1 aromatic heterocycles. The lowest BCUT2D eigenvalue weighted by Crippen LogP contribution is -2.17. The van der Waals surface area contributed by atoms with Gasteiger partial charge in [-0.2, -0.15) is 0 Å². The van der Waals surface area contributed by atoms with Crippen LogP contribution >= 0.6 is 0 Å². The highest BCUT2D eigenvalue weighted by molar-refractivity contribution is 6.04. The highest BCUT2D eigenvalue weighted by Gasteiger charge is 2.13. The van der Waals surface area contributed by atoms with E-state index in [-0.39, 0.29) is 24.7 Å². The average Bonchev–Trinajstić information content (AvgIpc) is 3.24. The summed E-state index contributed by atoms with van der Waals surface area (Å²) in [6.45, 7) is 0. The number of anilines is 3. The monoisotopic (exact) mass is 442 g/mol. The molecule has 0 bridgehead atoms. The van der Waals surface area contributed by atoms with Crippen molar-refractivity contribution in [2.24, 2.45) is 5.73 Å². The van der Waals surface area contributed by atoms with Crippen LogP contribution in [0.4, 0.5) is 17.1 Å². The van der Waals surface area contributed by atoms with Crippen LogP contribution in [0.2, 0.25) is 0 Å². The highest BCUT2D eigenvalue weighted by atomic mass is 16.2. The molecule has 7 N–H and O–H groups in total. The molecule has 0 spiro atoms. The minimum Gasteiger partial charge on any atom is -0.397 e. The number of carbonyl (C=O) groups excluding carboxylic acids is 3. The Balaban J connectivity index is 1.36. The number of hydrogen-bond donors (Lipinski definition) is 5. The van der Waals surface area contributed by atoms with E-state index in [9.17, 15) is 14.4 Å². The molecule has 0 saturated heterocycles.